The van der Waals surface area contributed by atoms with Crippen LogP contribution in [0.1, 0.15) is 28.1 Å². The van der Waals surface area contributed by atoms with Crippen molar-refractivity contribution in [2.45, 2.75) is 25.9 Å². The molecule has 3 heterocycles. The van der Waals surface area contributed by atoms with Crippen molar-refractivity contribution in [2.75, 3.05) is 45.2 Å². The number of esters is 1. The second kappa shape index (κ2) is 8.32. The number of hydrogen-bond acceptors (Lipinski definition) is 6. The summed E-state index contributed by atoms with van der Waals surface area (Å²) in [7, 11) is 1.36. The Balaban J connectivity index is 1.56. The molecule has 9 heteroatoms. The Labute approximate surface area is 162 Å². The lowest BCUT2D eigenvalue weighted by molar-refractivity contribution is -0.142. The normalized spacial score (nSPS) is 20.2. The Morgan fingerprint density at radius 3 is 2.62 bits per heavy atom. The summed E-state index contributed by atoms with van der Waals surface area (Å²) in [5, 5.41) is 4.41. The molecule has 7 nitrogen and oxygen atoms in total. The van der Waals surface area contributed by atoms with Gasteiger partial charge in [-0.3, -0.25) is 4.79 Å². The largest absolute Gasteiger partial charge is 0.465 e. The zero-order valence-corrected chi connectivity index (χ0v) is 16.6. The van der Waals surface area contributed by atoms with Crippen LogP contribution in [0.15, 0.2) is 6.07 Å². The average Bonchev–Trinajstić information content (AvgIpc) is 3.30. The molecular formula is C17H23N3O4S2. The van der Waals surface area contributed by atoms with Gasteiger partial charge in [-0.2, -0.15) is 0 Å². The molecule has 1 N–H and O–H groups in total. The third-order valence-electron chi connectivity index (χ3n) is 4.56. The Bertz CT molecular complexity index is 692. The van der Waals surface area contributed by atoms with E-state index in [1.54, 1.807) is 6.07 Å². The summed E-state index contributed by atoms with van der Waals surface area (Å²) < 4.78 is 10.3. The monoisotopic (exact) mass is 397 g/mol. The topological polar surface area (TPSA) is 71.1 Å². The van der Waals surface area contributed by atoms with E-state index < -0.39 is 0 Å². The molecule has 1 aromatic rings. The van der Waals surface area contributed by atoms with Crippen LogP contribution in [0.2, 0.25) is 0 Å². The number of carbonyl (C=O) groups excluding carboxylic acids is 2. The first kappa shape index (κ1) is 19.1. The van der Waals surface area contributed by atoms with E-state index in [4.69, 9.17) is 21.7 Å². The minimum Gasteiger partial charge on any atom is -0.465 e. The molecule has 1 unspecified atom stereocenters. The number of methoxy groups -OCH3 is 1. The van der Waals surface area contributed by atoms with Crippen molar-refractivity contribution in [1.82, 2.24) is 9.80 Å². The summed E-state index contributed by atoms with van der Waals surface area (Å²) in [6, 6.07) is 1.79. The predicted octanol–water partition coefficient (Wildman–Crippen LogP) is 1.86. The van der Waals surface area contributed by atoms with Gasteiger partial charge >= 0.3 is 5.97 Å². The number of hydrogen-bond donors (Lipinski definition) is 1. The van der Waals surface area contributed by atoms with Gasteiger partial charge in [-0.1, -0.05) is 0 Å². The summed E-state index contributed by atoms with van der Waals surface area (Å²) in [4.78, 5) is 29.2. The van der Waals surface area contributed by atoms with Crippen LogP contribution in [0.5, 0.6) is 0 Å². The Morgan fingerprint density at radius 2 is 2.00 bits per heavy atom. The maximum atomic E-state index is 12.4. The molecule has 2 aliphatic heterocycles. The lowest BCUT2D eigenvalue weighted by atomic mass is 10.2. The van der Waals surface area contributed by atoms with Gasteiger partial charge in [-0.15, -0.1) is 11.3 Å². The van der Waals surface area contributed by atoms with Crippen molar-refractivity contribution in [3.63, 3.8) is 0 Å². The highest BCUT2D eigenvalue weighted by molar-refractivity contribution is 7.80. The van der Waals surface area contributed by atoms with Crippen LogP contribution in [-0.4, -0.2) is 72.8 Å². The highest BCUT2D eigenvalue weighted by Crippen LogP contribution is 2.28. The van der Waals surface area contributed by atoms with Gasteiger partial charge in [0, 0.05) is 37.7 Å². The molecule has 3 rings (SSSR count). The average molecular weight is 398 g/mol. The molecule has 142 valence electrons. The van der Waals surface area contributed by atoms with Gasteiger partial charge in [0.2, 0.25) is 0 Å². The molecule has 0 aromatic carbocycles. The molecule has 1 atom stereocenters. The minimum absolute atomic E-state index is 0.0860. The number of rotatable bonds is 3. The van der Waals surface area contributed by atoms with Crippen molar-refractivity contribution in [2.24, 2.45) is 0 Å². The molecule has 1 amide bonds. The number of aryl methyl sites for hydroxylation is 1. The molecule has 0 spiro atoms. The Morgan fingerprint density at radius 1 is 1.31 bits per heavy atom. The minimum atomic E-state index is -0.383. The fraction of sp³-hybridized carbons (Fsp3) is 0.588. The predicted molar refractivity (Wildman–Crippen MR) is 104 cm³/mol. The van der Waals surface area contributed by atoms with Crippen LogP contribution >= 0.6 is 23.6 Å². The van der Waals surface area contributed by atoms with E-state index in [2.05, 4.69) is 5.32 Å². The number of ether oxygens (including phenoxy) is 2. The first-order valence-corrected chi connectivity index (χ1v) is 9.87. The molecular weight excluding hydrogens is 374 g/mol. The smallest absolute Gasteiger partial charge is 0.340 e. The van der Waals surface area contributed by atoms with Gasteiger partial charge in [0.25, 0.3) is 5.91 Å². The summed E-state index contributed by atoms with van der Waals surface area (Å²) in [5.74, 6) is -0.297. The zero-order valence-electron chi connectivity index (χ0n) is 14.9. The zero-order chi connectivity index (χ0) is 18.7. The third kappa shape index (κ3) is 4.16. The van der Waals surface area contributed by atoms with Gasteiger partial charge in [0.1, 0.15) is 11.1 Å². The number of amides is 1. The summed E-state index contributed by atoms with van der Waals surface area (Å²) >= 11 is 6.97. The van der Waals surface area contributed by atoms with Crippen molar-refractivity contribution in [1.29, 1.82) is 0 Å². The van der Waals surface area contributed by atoms with Crippen LogP contribution in [-0.2, 0) is 14.3 Å². The van der Waals surface area contributed by atoms with Gasteiger partial charge in [0.15, 0.2) is 5.11 Å². The van der Waals surface area contributed by atoms with Crippen molar-refractivity contribution >= 4 is 45.5 Å². The van der Waals surface area contributed by atoms with E-state index >= 15 is 0 Å². The molecule has 0 aliphatic carbocycles. The van der Waals surface area contributed by atoms with Gasteiger partial charge < -0.3 is 24.6 Å². The fourth-order valence-corrected chi connectivity index (χ4v) is 4.40. The molecule has 0 bridgehead atoms. The van der Waals surface area contributed by atoms with Crippen LogP contribution < -0.4 is 5.32 Å². The van der Waals surface area contributed by atoms with Gasteiger partial charge in [-0.05, 0) is 38.0 Å². The van der Waals surface area contributed by atoms with E-state index in [-0.39, 0.29) is 18.0 Å². The molecule has 26 heavy (non-hydrogen) atoms. The third-order valence-corrected chi connectivity index (χ3v) is 5.89. The van der Waals surface area contributed by atoms with Crippen LogP contribution in [0.25, 0.3) is 0 Å². The number of piperazine rings is 1. The number of thiophene rings is 1. The van der Waals surface area contributed by atoms with Gasteiger partial charge in [-0.25, -0.2) is 4.79 Å². The van der Waals surface area contributed by atoms with E-state index in [9.17, 15) is 9.59 Å². The fourth-order valence-electron chi connectivity index (χ4n) is 3.15. The Kier molecular flexibility index (Phi) is 6.10. The number of nitrogens with one attached hydrogen (secondary N) is 1. The lowest BCUT2D eigenvalue weighted by Crippen LogP contribution is -2.53. The van der Waals surface area contributed by atoms with E-state index in [0.29, 0.717) is 48.5 Å². The number of anilines is 1. The highest BCUT2D eigenvalue weighted by atomic mass is 32.1. The van der Waals surface area contributed by atoms with Crippen molar-refractivity contribution in [3.05, 3.63) is 16.5 Å². The first-order valence-electron chi connectivity index (χ1n) is 8.64. The molecule has 0 radical (unpaired) electrons. The summed E-state index contributed by atoms with van der Waals surface area (Å²) in [6.45, 7) is 5.15. The van der Waals surface area contributed by atoms with Crippen molar-refractivity contribution < 1.29 is 19.1 Å². The number of thiocarbonyl (C=S) groups is 1. The molecule has 2 saturated heterocycles. The maximum absolute atomic E-state index is 12.4. The van der Waals surface area contributed by atoms with E-state index in [1.807, 2.05) is 16.7 Å². The van der Waals surface area contributed by atoms with Gasteiger partial charge in [0.05, 0.1) is 12.7 Å². The summed E-state index contributed by atoms with van der Waals surface area (Å²) in [6.07, 6.45) is 1.49. The highest BCUT2D eigenvalue weighted by Gasteiger charge is 2.31. The second-order valence-corrected chi connectivity index (χ2v) is 7.98. The maximum Gasteiger partial charge on any atom is 0.340 e. The standard InChI is InChI=1S/C17H23N3O4S2/c1-11-10-12(16(22)23-2)14(26-11)18-17(25)20-7-5-19(6-8-20)15(21)13-4-3-9-24-13/h10,13H,3-9H2,1-2H3,(H,18,25). The molecule has 2 fully saturated rings. The number of carbonyl (C=O) groups is 2. The summed E-state index contributed by atoms with van der Waals surface area (Å²) in [5.41, 5.74) is 0.490. The van der Waals surface area contributed by atoms with Crippen LogP contribution in [0.4, 0.5) is 5.00 Å². The number of nitrogens with zero attached hydrogens (tertiary/aromatic N) is 2. The molecule has 1 aromatic heterocycles. The molecule has 0 saturated carbocycles. The first-order chi connectivity index (χ1) is 12.5. The van der Waals surface area contributed by atoms with E-state index in [0.717, 1.165) is 17.7 Å². The van der Waals surface area contributed by atoms with Crippen LogP contribution in [0.3, 0.4) is 0 Å². The SMILES string of the molecule is COC(=O)c1cc(C)sc1NC(=S)N1CCN(C(=O)C2CCCO2)CC1. The van der Waals surface area contributed by atoms with E-state index in [1.165, 1.54) is 18.4 Å². The van der Waals surface area contributed by atoms with Crippen molar-refractivity contribution in [3.8, 4) is 0 Å². The quantitative estimate of drug-likeness (QED) is 0.617. The lowest BCUT2D eigenvalue weighted by Gasteiger charge is -2.37. The molecule has 2 aliphatic rings. The Hall–Kier alpha value is -1.71. The van der Waals surface area contributed by atoms with Crippen LogP contribution in [0, 0.1) is 6.92 Å². The second-order valence-electron chi connectivity index (χ2n) is 6.34.